The molecule has 1 aromatic rings. The smallest absolute Gasteiger partial charge is 0.376 e. The molecule has 2 amide bonds. The van der Waals surface area contributed by atoms with Gasteiger partial charge in [0, 0.05) is 12.7 Å². The number of nitrogens with zero attached hydrogens (tertiary/aromatic N) is 2. The highest BCUT2D eigenvalue weighted by atomic mass is 19.4. The van der Waals surface area contributed by atoms with Gasteiger partial charge in [-0.15, -0.1) is 0 Å². The SMILES string of the molecule is CN1C(=O)C(C)(C)[C@](C)(c2cccc(NC(=O)C(O)C(F)(F)F)c2)N=C1N. The lowest BCUT2D eigenvalue weighted by molar-refractivity contribution is -0.202. The van der Waals surface area contributed by atoms with Gasteiger partial charge in [0.05, 0.1) is 5.41 Å². The van der Waals surface area contributed by atoms with Crippen molar-refractivity contribution in [3.05, 3.63) is 29.8 Å². The number of carbonyl (C=O) groups is 2. The molecule has 7 nitrogen and oxygen atoms in total. The fourth-order valence-electron chi connectivity index (χ4n) is 2.86. The number of hydrogen-bond acceptors (Lipinski definition) is 5. The van der Waals surface area contributed by atoms with Crippen LogP contribution in [-0.4, -0.2) is 47.1 Å². The van der Waals surface area contributed by atoms with E-state index in [4.69, 9.17) is 10.8 Å². The summed E-state index contributed by atoms with van der Waals surface area (Å²) < 4.78 is 37.4. The van der Waals surface area contributed by atoms with Crippen molar-refractivity contribution in [3.63, 3.8) is 0 Å². The molecule has 0 aliphatic carbocycles. The predicted molar refractivity (Wildman–Crippen MR) is 92.7 cm³/mol. The van der Waals surface area contributed by atoms with Crippen LogP contribution in [0.1, 0.15) is 26.3 Å². The molecular weight excluding hydrogens is 365 g/mol. The monoisotopic (exact) mass is 386 g/mol. The lowest BCUT2D eigenvalue weighted by Gasteiger charge is -2.46. The Kier molecular flexibility index (Phi) is 5.00. The topological polar surface area (TPSA) is 108 Å². The zero-order chi connectivity index (χ0) is 20.8. The van der Waals surface area contributed by atoms with Crippen LogP contribution >= 0.6 is 0 Å². The van der Waals surface area contributed by atoms with Gasteiger partial charge in [-0.1, -0.05) is 12.1 Å². The normalized spacial score (nSPS) is 23.6. The van der Waals surface area contributed by atoms with E-state index in [1.54, 1.807) is 26.8 Å². The molecule has 1 unspecified atom stereocenters. The lowest BCUT2D eigenvalue weighted by Crippen LogP contribution is -2.58. The summed E-state index contributed by atoms with van der Waals surface area (Å²) >= 11 is 0. The molecule has 27 heavy (non-hydrogen) atoms. The minimum atomic E-state index is -5.07. The maximum atomic E-state index is 12.6. The number of aliphatic hydroxyl groups excluding tert-OH is 1. The first-order valence-corrected chi connectivity index (χ1v) is 8.01. The zero-order valence-corrected chi connectivity index (χ0v) is 15.3. The van der Waals surface area contributed by atoms with Crippen LogP contribution in [0.15, 0.2) is 29.3 Å². The first kappa shape index (κ1) is 20.7. The first-order valence-electron chi connectivity index (χ1n) is 8.01. The summed E-state index contributed by atoms with van der Waals surface area (Å²) in [6, 6.07) is 5.90. The number of rotatable bonds is 3. The molecule has 1 aliphatic rings. The van der Waals surface area contributed by atoms with Gasteiger partial charge >= 0.3 is 6.18 Å². The predicted octanol–water partition coefficient (Wildman–Crippen LogP) is 1.58. The van der Waals surface area contributed by atoms with Crippen LogP contribution in [0, 0.1) is 5.41 Å². The molecule has 2 rings (SSSR count). The number of aliphatic imine (C=N–C) groups is 1. The van der Waals surface area contributed by atoms with Gasteiger partial charge in [0.2, 0.25) is 12.0 Å². The Labute approximate surface area is 154 Å². The molecule has 1 aromatic carbocycles. The van der Waals surface area contributed by atoms with E-state index < -0.39 is 29.1 Å². The average Bonchev–Trinajstić information content (AvgIpc) is 2.57. The number of aliphatic hydroxyl groups is 1. The third-order valence-corrected chi connectivity index (χ3v) is 4.99. The van der Waals surface area contributed by atoms with Crippen molar-refractivity contribution in [2.24, 2.45) is 16.1 Å². The van der Waals surface area contributed by atoms with Crippen molar-refractivity contribution in [3.8, 4) is 0 Å². The second-order valence-electron chi connectivity index (χ2n) is 7.05. The summed E-state index contributed by atoms with van der Waals surface area (Å²) in [4.78, 5) is 29.9. The zero-order valence-electron chi connectivity index (χ0n) is 15.3. The summed E-state index contributed by atoms with van der Waals surface area (Å²) in [5, 5.41) is 11.1. The fraction of sp³-hybridized carbons (Fsp3) is 0.471. The Bertz CT molecular complexity index is 807. The standard InChI is InChI=1S/C17H21F3N4O3/c1-15(2)13(27)24(4)14(21)23-16(15,3)9-6-5-7-10(8-9)22-12(26)11(25)17(18,19)20/h5-8,11,25H,1-4H3,(H2,21,23)(H,22,26)/t11?,16-/m0/s1. The minimum absolute atomic E-state index is 0.00348. The summed E-state index contributed by atoms with van der Waals surface area (Å²) in [5.41, 5.74) is 4.19. The van der Waals surface area contributed by atoms with Crippen molar-refractivity contribution in [1.82, 2.24) is 4.90 Å². The molecule has 1 aliphatic heterocycles. The van der Waals surface area contributed by atoms with E-state index in [-0.39, 0.29) is 17.6 Å². The third kappa shape index (κ3) is 3.48. The second-order valence-corrected chi connectivity index (χ2v) is 7.05. The Morgan fingerprint density at radius 3 is 2.48 bits per heavy atom. The molecule has 10 heteroatoms. The van der Waals surface area contributed by atoms with Gasteiger partial charge in [-0.3, -0.25) is 14.5 Å². The third-order valence-electron chi connectivity index (χ3n) is 4.99. The van der Waals surface area contributed by atoms with E-state index in [2.05, 4.69) is 4.99 Å². The van der Waals surface area contributed by atoms with Crippen molar-refractivity contribution >= 4 is 23.5 Å². The molecule has 0 fully saturated rings. The van der Waals surface area contributed by atoms with Crippen molar-refractivity contribution < 1.29 is 27.9 Å². The van der Waals surface area contributed by atoms with E-state index in [0.717, 1.165) is 0 Å². The van der Waals surface area contributed by atoms with Gasteiger partial charge in [0.1, 0.15) is 5.54 Å². The van der Waals surface area contributed by atoms with E-state index in [1.807, 2.05) is 5.32 Å². The molecule has 148 valence electrons. The van der Waals surface area contributed by atoms with Crippen LogP contribution < -0.4 is 11.1 Å². The quantitative estimate of drug-likeness (QED) is 0.733. The highest BCUT2D eigenvalue weighted by Gasteiger charge is 2.52. The van der Waals surface area contributed by atoms with E-state index in [0.29, 0.717) is 5.56 Å². The van der Waals surface area contributed by atoms with Gasteiger partial charge in [0.15, 0.2) is 5.96 Å². The Balaban J connectivity index is 2.42. The van der Waals surface area contributed by atoms with Gasteiger partial charge in [-0.05, 0) is 38.5 Å². The largest absolute Gasteiger partial charge is 0.423 e. The molecule has 0 saturated heterocycles. The van der Waals surface area contributed by atoms with Gasteiger partial charge in [-0.25, -0.2) is 4.99 Å². The average molecular weight is 386 g/mol. The number of nitrogens with two attached hydrogens (primary N) is 1. The maximum absolute atomic E-state index is 12.6. The van der Waals surface area contributed by atoms with Crippen LogP contribution in [0.2, 0.25) is 0 Å². The molecular formula is C17H21F3N4O3. The molecule has 0 spiro atoms. The van der Waals surface area contributed by atoms with Gasteiger partial charge < -0.3 is 16.2 Å². The Hall–Kier alpha value is -2.62. The maximum Gasteiger partial charge on any atom is 0.423 e. The van der Waals surface area contributed by atoms with Crippen LogP contribution in [0.5, 0.6) is 0 Å². The molecule has 0 saturated carbocycles. The molecule has 4 N–H and O–H groups in total. The highest BCUT2D eigenvalue weighted by molar-refractivity contribution is 6.01. The van der Waals surface area contributed by atoms with E-state index in [1.165, 1.54) is 30.1 Å². The molecule has 2 atom stereocenters. The van der Waals surface area contributed by atoms with E-state index in [9.17, 15) is 22.8 Å². The number of anilines is 1. The number of amides is 2. The lowest BCUT2D eigenvalue weighted by atomic mass is 9.68. The number of halogens is 3. The number of carbonyl (C=O) groups excluding carboxylic acids is 2. The van der Waals surface area contributed by atoms with Crippen molar-refractivity contribution in [2.75, 3.05) is 12.4 Å². The number of guanidine groups is 1. The molecule has 0 radical (unpaired) electrons. The molecule has 0 aromatic heterocycles. The molecule has 1 heterocycles. The van der Waals surface area contributed by atoms with Crippen LogP contribution in [0.4, 0.5) is 18.9 Å². The van der Waals surface area contributed by atoms with Crippen molar-refractivity contribution in [1.29, 1.82) is 0 Å². The fourth-order valence-corrected chi connectivity index (χ4v) is 2.86. The van der Waals surface area contributed by atoms with Crippen LogP contribution in [0.3, 0.4) is 0 Å². The summed E-state index contributed by atoms with van der Waals surface area (Å²) in [6.45, 7) is 5.04. The number of nitrogens with one attached hydrogen (secondary N) is 1. The van der Waals surface area contributed by atoms with E-state index >= 15 is 0 Å². The van der Waals surface area contributed by atoms with Gasteiger partial charge in [-0.2, -0.15) is 13.2 Å². The van der Waals surface area contributed by atoms with Crippen molar-refractivity contribution in [2.45, 2.75) is 38.6 Å². The summed E-state index contributed by atoms with van der Waals surface area (Å²) in [7, 11) is 1.50. The highest BCUT2D eigenvalue weighted by Crippen LogP contribution is 2.46. The Morgan fingerprint density at radius 1 is 1.33 bits per heavy atom. The summed E-state index contributed by atoms with van der Waals surface area (Å²) in [6.07, 6.45) is -8.22. The first-order chi connectivity index (χ1) is 12.2. The number of alkyl halides is 3. The van der Waals surface area contributed by atoms with Gasteiger partial charge in [0.25, 0.3) is 5.91 Å². The second kappa shape index (κ2) is 6.52. The van der Waals surface area contributed by atoms with Crippen LogP contribution in [-0.2, 0) is 15.1 Å². The Morgan fingerprint density at radius 2 is 1.93 bits per heavy atom. The van der Waals surface area contributed by atoms with Crippen LogP contribution in [0.25, 0.3) is 0 Å². The number of hydrogen-bond donors (Lipinski definition) is 3. The summed E-state index contributed by atoms with van der Waals surface area (Å²) in [5.74, 6) is -1.88. The molecule has 0 bridgehead atoms. The minimum Gasteiger partial charge on any atom is -0.376 e. The number of benzene rings is 1.